The fourth-order valence-electron chi connectivity index (χ4n) is 6.60. The summed E-state index contributed by atoms with van der Waals surface area (Å²) < 4.78 is 31.7. The van der Waals surface area contributed by atoms with Gasteiger partial charge in [-0.15, -0.1) is 0 Å². The Bertz CT molecular complexity index is 1380. The molecule has 218 valence electrons. The van der Waals surface area contributed by atoms with Crippen molar-refractivity contribution in [1.29, 1.82) is 0 Å². The number of likely N-dealkylation sites (tertiary alicyclic amines) is 1. The number of aryl methyl sites for hydroxylation is 2. The lowest BCUT2D eigenvalue weighted by Crippen LogP contribution is -2.49. The molecule has 2 aliphatic heterocycles. The average Bonchev–Trinajstić information content (AvgIpc) is 3.57. The molecule has 41 heavy (non-hydrogen) atoms. The van der Waals surface area contributed by atoms with Crippen molar-refractivity contribution in [1.82, 2.24) is 4.90 Å². The topological polar surface area (TPSA) is 97.3 Å². The number of benzene rings is 2. The van der Waals surface area contributed by atoms with E-state index < -0.39 is 35.1 Å². The van der Waals surface area contributed by atoms with Gasteiger partial charge in [0.15, 0.2) is 11.5 Å². The predicted molar refractivity (Wildman–Crippen MR) is 153 cm³/mol. The molecule has 0 bridgehead atoms. The van der Waals surface area contributed by atoms with E-state index in [4.69, 9.17) is 14.2 Å². The molecule has 9 heteroatoms. The van der Waals surface area contributed by atoms with Gasteiger partial charge in [0.1, 0.15) is 11.6 Å². The monoisotopic (exact) mass is 564 g/mol. The molecular formula is C32H37FN2O6. The lowest BCUT2D eigenvalue weighted by molar-refractivity contribution is -0.144. The molecule has 0 aromatic heterocycles. The number of allylic oxidation sites excluding steroid dienone is 2. The molecule has 3 aliphatic rings. The number of halogens is 1. The molecule has 1 unspecified atom stereocenters. The number of methoxy groups -OCH3 is 1. The predicted octanol–water partition coefficient (Wildman–Crippen LogP) is 5.28. The molecule has 4 atom stereocenters. The van der Waals surface area contributed by atoms with Crippen LogP contribution in [0.15, 0.2) is 54.3 Å². The molecule has 0 saturated carbocycles. The van der Waals surface area contributed by atoms with Gasteiger partial charge in [-0.1, -0.05) is 45.0 Å². The summed E-state index contributed by atoms with van der Waals surface area (Å²) in [6.45, 7) is 6.20. The van der Waals surface area contributed by atoms with Gasteiger partial charge in [0.05, 0.1) is 19.6 Å². The van der Waals surface area contributed by atoms with Gasteiger partial charge in [0.2, 0.25) is 12.7 Å². The molecule has 2 N–H and O–H groups in total. The average molecular weight is 565 g/mol. The van der Waals surface area contributed by atoms with Crippen LogP contribution in [0.1, 0.15) is 49.8 Å². The van der Waals surface area contributed by atoms with E-state index in [9.17, 15) is 14.7 Å². The Labute approximate surface area is 239 Å². The Morgan fingerprint density at radius 1 is 1.17 bits per heavy atom. The Balaban J connectivity index is 1.52. The molecule has 5 rings (SSSR count). The van der Waals surface area contributed by atoms with Gasteiger partial charge in [-0.05, 0) is 54.2 Å². The number of carbonyl (C=O) groups is 2. The number of carboxylic acids is 1. The van der Waals surface area contributed by atoms with E-state index in [2.05, 4.69) is 5.32 Å². The second kappa shape index (κ2) is 11.6. The van der Waals surface area contributed by atoms with Crippen LogP contribution in [-0.4, -0.2) is 54.9 Å². The number of fused-ring (bicyclic) bond motifs is 1. The Hall–Kier alpha value is -3.85. The minimum absolute atomic E-state index is 0.0177. The van der Waals surface area contributed by atoms with E-state index in [0.717, 1.165) is 29.7 Å². The maximum atomic E-state index is 15.5. The van der Waals surface area contributed by atoms with E-state index >= 15 is 4.39 Å². The highest BCUT2D eigenvalue weighted by atomic mass is 19.1. The van der Waals surface area contributed by atoms with E-state index in [1.807, 2.05) is 62.1 Å². The van der Waals surface area contributed by atoms with E-state index in [1.165, 1.54) is 6.07 Å². The first-order valence-electron chi connectivity index (χ1n) is 14.1. The normalized spacial score (nSPS) is 25.2. The summed E-state index contributed by atoms with van der Waals surface area (Å²) >= 11 is 0. The second-order valence-electron chi connectivity index (χ2n) is 11.1. The van der Waals surface area contributed by atoms with Crippen LogP contribution in [0, 0.1) is 17.2 Å². The van der Waals surface area contributed by atoms with E-state index in [0.29, 0.717) is 23.7 Å². The number of ether oxygens (including phenoxy) is 3. The van der Waals surface area contributed by atoms with Gasteiger partial charge >= 0.3 is 5.97 Å². The number of hydrogen-bond donors (Lipinski definition) is 2. The summed E-state index contributed by atoms with van der Waals surface area (Å²) in [6, 6.07) is 8.19. The third-order valence-corrected chi connectivity index (χ3v) is 8.67. The number of para-hydroxylation sites is 1. The molecule has 2 aromatic rings. The number of nitrogens with one attached hydrogen (secondary N) is 1. The largest absolute Gasteiger partial charge is 0.497 e. The van der Waals surface area contributed by atoms with Crippen LogP contribution in [0.2, 0.25) is 0 Å². The number of carboxylic acid groups (broad SMARTS) is 1. The van der Waals surface area contributed by atoms with Crippen molar-refractivity contribution in [3.63, 3.8) is 0 Å². The van der Waals surface area contributed by atoms with Crippen LogP contribution in [0.5, 0.6) is 11.5 Å². The van der Waals surface area contributed by atoms with Crippen LogP contribution in [0.4, 0.5) is 10.1 Å². The summed E-state index contributed by atoms with van der Waals surface area (Å²) in [4.78, 5) is 28.5. The highest BCUT2D eigenvalue weighted by molar-refractivity contribution is 5.94. The van der Waals surface area contributed by atoms with Crippen LogP contribution in [-0.2, 0) is 27.2 Å². The zero-order valence-electron chi connectivity index (χ0n) is 23.9. The Morgan fingerprint density at radius 2 is 1.85 bits per heavy atom. The molecule has 1 fully saturated rings. The van der Waals surface area contributed by atoms with Crippen molar-refractivity contribution in [3.8, 4) is 11.5 Å². The molecule has 1 saturated heterocycles. The first kappa shape index (κ1) is 28.7. The van der Waals surface area contributed by atoms with Gasteiger partial charge in [-0.2, -0.15) is 0 Å². The van der Waals surface area contributed by atoms with Crippen molar-refractivity contribution < 1.29 is 33.3 Å². The molecule has 0 radical (unpaired) electrons. The number of carbonyl (C=O) groups excluding carboxylic acids is 1. The van der Waals surface area contributed by atoms with Gasteiger partial charge in [-0.3, -0.25) is 14.5 Å². The van der Waals surface area contributed by atoms with Gasteiger partial charge in [0, 0.05) is 35.7 Å². The maximum Gasteiger partial charge on any atom is 0.308 e. The van der Waals surface area contributed by atoms with Crippen LogP contribution < -0.4 is 14.8 Å². The lowest BCUT2D eigenvalue weighted by atomic mass is 9.69. The summed E-state index contributed by atoms with van der Waals surface area (Å²) in [6.07, 6.45) is 7.75. The van der Waals surface area contributed by atoms with Crippen LogP contribution in [0.25, 0.3) is 0 Å². The summed E-state index contributed by atoms with van der Waals surface area (Å²) in [5.74, 6) is -2.16. The first-order chi connectivity index (χ1) is 19.7. The van der Waals surface area contributed by atoms with Crippen LogP contribution in [0.3, 0.4) is 0 Å². The third kappa shape index (κ3) is 5.43. The molecule has 8 nitrogen and oxygen atoms in total. The highest BCUT2D eigenvalue weighted by Gasteiger charge is 2.54. The molecule has 2 heterocycles. The quantitative estimate of drug-likeness (QED) is 0.428. The fraction of sp³-hybridized carbons (Fsp3) is 0.438. The number of amides is 1. The number of hydrogen-bond acceptors (Lipinski definition) is 6. The summed E-state index contributed by atoms with van der Waals surface area (Å²) in [5.41, 5.74) is 2.49. The van der Waals surface area contributed by atoms with Crippen molar-refractivity contribution in [2.45, 2.75) is 52.0 Å². The lowest BCUT2D eigenvalue weighted by Gasteiger charge is -2.41. The zero-order chi connectivity index (χ0) is 29.3. The Morgan fingerprint density at radius 3 is 2.44 bits per heavy atom. The standard InChI is InChI=1S/C32H37FN2O6/c1-5-19-8-7-9-20(6-2)29(19)34-27(36)17-35-16-23(22-14-25-26(15-24(22)33)41-18-40-25)28(31(37)38)30(35)32(3)12-10-21(39-4)11-13-32/h7-12,14-15,23,28,30H,5-6,13,16-18H2,1-4H3,(H,34,36)(H,37,38)/t23-,28-,30-,32?/m1/s1. The zero-order valence-corrected chi connectivity index (χ0v) is 23.9. The van der Waals surface area contributed by atoms with Crippen molar-refractivity contribution >= 4 is 17.6 Å². The third-order valence-electron chi connectivity index (χ3n) is 8.67. The molecule has 1 amide bonds. The van der Waals surface area contributed by atoms with E-state index in [1.54, 1.807) is 13.2 Å². The van der Waals surface area contributed by atoms with Crippen molar-refractivity contribution in [2.75, 3.05) is 32.3 Å². The molecule has 2 aromatic carbocycles. The molecule has 0 spiro atoms. The summed E-state index contributed by atoms with van der Waals surface area (Å²) in [7, 11) is 1.59. The number of rotatable bonds is 9. The molecule has 1 aliphatic carbocycles. The smallest absolute Gasteiger partial charge is 0.308 e. The fourth-order valence-corrected chi connectivity index (χ4v) is 6.60. The second-order valence-corrected chi connectivity index (χ2v) is 11.1. The number of aliphatic carboxylic acids is 1. The minimum Gasteiger partial charge on any atom is -0.497 e. The minimum atomic E-state index is -1.04. The van der Waals surface area contributed by atoms with Gasteiger partial charge < -0.3 is 24.6 Å². The Kier molecular flexibility index (Phi) is 8.09. The van der Waals surface area contributed by atoms with Crippen molar-refractivity contribution in [3.05, 3.63) is 76.8 Å². The van der Waals surface area contributed by atoms with Gasteiger partial charge in [-0.25, -0.2) is 4.39 Å². The van der Waals surface area contributed by atoms with Crippen LogP contribution >= 0.6 is 0 Å². The summed E-state index contributed by atoms with van der Waals surface area (Å²) in [5, 5.41) is 13.7. The SMILES string of the molecule is CCc1cccc(CC)c1NC(=O)CN1C[C@H](c2cc3c(cc2F)OCO3)[C@@H](C(=O)O)[C@@H]1C1(C)C=CC(OC)=CC1. The van der Waals surface area contributed by atoms with E-state index in [-0.39, 0.29) is 31.4 Å². The molecular weight excluding hydrogens is 527 g/mol. The maximum absolute atomic E-state index is 15.5. The van der Waals surface area contributed by atoms with Crippen molar-refractivity contribution in [2.24, 2.45) is 11.3 Å². The number of nitrogens with zero attached hydrogens (tertiary/aromatic N) is 1. The first-order valence-corrected chi connectivity index (χ1v) is 14.1. The number of anilines is 1. The van der Waals surface area contributed by atoms with Gasteiger partial charge in [0.25, 0.3) is 0 Å². The highest BCUT2D eigenvalue weighted by Crippen LogP contribution is 2.50.